The lowest BCUT2D eigenvalue weighted by atomic mass is 9.49. The predicted molar refractivity (Wildman–Crippen MR) is 121 cm³/mol. The first-order valence-electron chi connectivity index (χ1n) is 12.3. The van der Waals surface area contributed by atoms with Gasteiger partial charge in [0.15, 0.2) is 0 Å². The van der Waals surface area contributed by atoms with Gasteiger partial charge in [-0.1, -0.05) is 6.07 Å². The molecule has 170 valence electrons. The third kappa shape index (κ3) is 3.33. The zero-order valence-corrected chi connectivity index (χ0v) is 18.6. The predicted octanol–water partition coefficient (Wildman–Crippen LogP) is 2.84. The molecule has 4 saturated carbocycles. The van der Waals surface area contributed by atoms with E-state index in [9.17, 15) is 9.59 Å². The number of likely N-dealkylation sites (tertiary alicyclic amines) is 1. The number of amides is 2. The van der Waals surface area contributed by atoms with Gasteiger partial charge in [0.2, 0.25) is 0 Å². The Morgan fingerprint density at radius 3 is 2.53 bits per heavy atom. The van der Waals surface area contributed by atoms with Crippen molar-refractivity contribution in [1.29, 1.82) is 0 Å². The average Bonchev–Trinajstić information content (AvgIpc) is 3.43. The minimum atomic E-state index is -0.0958. The van der Waals surface area contributed by atoms with E-state index in [0.717, 1.165) is 37.1 Å². The molecule has 0 radical (unpaired) electrons. The van der Waals surface area contributed by atoms with E-state index in [1.807, 2.05) is 23.1 Å². The Hall–Kier alpha value is -2.41. The summed E-state index contributed by atoms with van der Waals surface area (Å²) >= 11 is 0. The van der Waals surface area contributed by atoms with Gasteiger partial charge in [0, 0.05) is 31.9 Å². The zero-order chi connectivity index (χ0) is 21.9. The summed E-state index contributed by atoms with van der Waals surface area (Å²) < 4.78 is 1.76. The van der Waals surface area contributed by atoms with Crippen LogP contribution in [-0.2, 0) is 0 Å². The van der Waals surface area contributed by atoms with Crippen LogP contribution >= 0.6 is 0 Å². The molecule has 1 aliphatic heterocycles. The summed E-state index contributed by atoms with van der Waals surface area (Å²) in [4.78, 5) is 32.6. The molecule has 3 N–H and O–H groups in total. The van der Waals surface area contributed by atoms with E-state index in [1.54, 1.807) is 10.6 Å². The van der Waals surface area contributed by atoms with Gasteiger partial charge >= 0.3 is 0 Å². The van der Waals surface area contributed by atoms with Crippen LogP contribution in [0.15, 0.2) is 24.4 Å². The quantitative estimate of drug-likeness (QED) is 0.755. The monoisotopic (exact) mass is 435 g/mol. The fourth-order valence-electron chi connectivity index (χ4n) is 7.66. The summed E-state index contributed by atoms with van der Waals surface area (Å²) in [5.41, 5.74) is 7.68. The normalized spacial score (nSPS) is 33.2. The first kappa shape index (κ1) is 20.2. The maximum absolute atomic E-state index is 13.2. The average molecular weight is 436 g/mol. The first-order valence-corrected chi connectivity index (χ1v) is 12.3. The van der Waals surface area contributed by atoms with Crippen molar-refractivity contribution in [2.45, 2.75) is 57.4 Å². The molecule has 7 heteroatoms. The summed E-state index contributed by atoms with van der Waals surface area (Å²) in [5, 5.41) is 3.26. The molecule has 1 atom stereocenters. The second-order valence-electron chi connectivity index (χ2n) is 10.9. The highest BCUT2D eigenvalue weighted by molar-refractivity contribution is 5.95. The minimum absolute atomic E-state index is 0.0790. The highest BCUT2D eigenvalue weighted by Gasteiger charge is 2.50. The number of fused-ring (bicyclic) bond motifs is 1. The van der Waals surface area contributed by atoms with Crippen LogP contribution in [0.2, 0.25) is 0 Å². The van der Waals surface area contributed by atoms with Crippen LogP contribution in [0.1, 0.15) is 72.3 Å². The number of nitrogens with one attached hydrogen (secondary N) is 1. The topological polar surface area (TPSA) is 92.7 Å². The van der Waals surface area contributed by atoms with Crippen LogP contribution in [0.25, 0.3) is 5.65 Å². The second-order valence-corrected chi connectivity index (χ2v) is 10.9. The summed E-state index contributed by atoms with van der Waals surface area (Å²) in [6.45, 7) is 1.95. The molecule has 3 heterocycles. The van der Waals surface area contributed by atoms with Gasteiger partial charge in [0.05, 0.1) is 0 Å². The summed E-state index contributed by atoms with van der Waals surface area (Å²) in [5.74, 6) is 2.43. The van der Waals surface area contributed by atoms with Crippen molar-refractivity contribution >= 4 is 17.5 Å². The van der Waals surface area contributed by atoms with Gasteiger partial charge in [0.1, 0.15) is 17.0 Å². The molecule has 4 bridgehead atoms. The Bertz CT molecular complexity index is 1020. The summed E-state index contributed by atoms with van der Waals surface area (Å²) in [7, 11) is 0. The minimum Gasteiger partial charge on any atom is -0.350 e. The molecule has 2 aromatic heterocycles. The van der Waals surface area contributed by atoms with Crippen molar-refractivity contribution in [2.24, 2.45) is 28.9 Å². The van der Waals surface area contributed by atoms with Crippen LogP contribution < -0.4 is 11.1 Å². The maximum Gasteiger partial charge on any atom is 0.274 e. The number of nitrogens with zero attached hydrogens (tertiary/aromatic N) is 3. The Kier molecular flexibility index (Phi) is 4.79. The smallest absolute Gasteiger partial charge is 0.274 e. The molecule has 4 aliphatic carbocycles. The van der Waals surface area contributed by atoms with E-state index in [2.05, 4.69) is 10.3 Å². The molecule has 1 unspecified atom stereocenters. The van der Waals surface area contributed by atoms with Gasteiger partial charge in [-0.15, -0.1) is 0 Å². The third-order valence-electron chi connectivity index (χ3n) is 8.64. The number of hydrogen-bond acceptors (Lipinski definition) is 4. The van der Waals surface area contributed by atoms with Gasteiger partial charge in [0.25, 0.3) is 11.8 Å². The SMILES string of the molecule is NCC1CCCN1C(=O)c1cn2c(C(=O)NCC34CC5CC(CC(C5)C3)C4)cccc2n1. The highest BCUT2D eigenvalue weighted by Crippen LogP contribution is 2.59. The number of pyridine rings is 1. The Labute approximate surface area is 188 Å². The van der Waals surface area contributed by atoms with E-state index >= 15 is 0 Å². The van der Waals surface area contributed by atoms with Crippen molar-refractivity contribution in [3.8, 4) is 0 Å². The molecule has 7 nitrogen and oxygen atoms in total. The largest absolute Gasteiger partial charge is 0.350 e. The van der Waals surface area contributed by atoms with Crippen LogP contribution in [-0.4, -0.2) is 51.8 Å². The van der Waals surface area contributed by atoms with Crippen LogP contribution in [0, 0.1) is 23.2 Å². The second kappa shape index (κ2) is 7.58. The van der Waals surface area contributed by atoms with E-state index in [1.165, 1.54) is 38.5 Å². The fraction of sp³-hybridized carbons (Fsp3) is 0.640. The van der Waals surface area contributed by atoms with E-state index < -0.39 is 0 Å². The molecular formula is C25H33N5O2. The number of carbonyl (C=O) groups excluding carboxylic acids is 2. The molecule has 5 aliphatic rings. The van der Waals surface area contributed by atoms with Crippen molar-refractivity contribution in [3.63, 3.8) is 0 Å². The molecule has 7 rings (SSSR count). The van der Waals surface area contributed by atoms with Gasteiger partial charge in [-0.05, 0) is 86.7 Å². The van der Waals surface area contributed by atoms with Crippen molar-refractivity contribution in [2.75, 3.05) is 19.6 Å². The molecule has 5 fully saturated rings. The fourth-order valence-corrected chi connectivity index (χ4v) is 7.66. The zero-order valence-electron chi connectivity index (χ0n) is 18.6. The summed E-state index contributed by atoms with van der Waals surface area (Å²) in [6, 6.07) is 5.58. The van der Waals surface area contributed by atoms with Gasteiger partial charge < -0.3 is 16.0 Å². The van der Waals surface area contributed by atoms with E-state index in [4.69, 9.17) is 5.73 Å². The Morgan fingerprint density at radius 1 is 1.12 bits per heavy atom. The number of nitrogens with two attached hydrogens (primary N) is 1. The standard InChI is InChI=1S/C25H33N5O2/c26-13-19-3-2-6-29(19)24(32)20-14-30-21(4-1-5-22(30)28-20)23(31)27-15-25-10-16-7-17(11-25)9-18(8-16)12-25/h1,4-5,14,16-19H,2-3,6-13,15,26H2,(H,27,31). The number of rotatable bonds is 5. The number of imidazole rings is 1. The molecule has 2 amide bonds. The summed E-state index contributed by atoms with van der Waals surface area (Å²) in [6.07, 6.45) is 11.6. The van der Waals surface area contributed by atoms with Crippen molar-refractivity contribution < 1.29 is 9.59 Å². The maximum atomic E-state index is 13.2. The number of carbonyl (C=O) groups is 2. The molecule has 2 aromatic rings. The van der Waals surface area contributed by atoms with E-state index in [0.29, 0.717) is 35.5 Å². The molecule has 0 aromatic carbocycles. The van der Waals surface area contributed by atoms with Gasteiger partial charge in [-0.25, -0.2) is 4.98 Å². The highest BCUT2D eigenvalue weighted by atomic mass is 16.2. The third-order valence-corrected chi connectivity index (χ3v) is 8.64. The number of aromatic nitrogens is 2. The van der Waals surface area contributed by atoms with Gasteiger partial charge in [-0.3, -0.25) is 14.0 Å². The van der Waals surface area contributed by atoms with E-state index in [-0.39, 0.29) is 17.9 Å². The lowest BCUT2D eigenvalue weighted by Gasteiger charge is -2.56. The molecule has 1 saturated heterocycles. The molecule has 32 heavy (non-hydrogen) atoms. The van der Waals surface area contributed by atoms with Crippen LogP contribution in [0.3, 0.4) is 0 Å². The van der Waals surface area contributed by atoms with Crippen molar-refractivity contribution in [3.05, 3.63) is 35.8 Å². The van der Waals surface area contributed by atoms with Crippen molar-refractivity contribution in [1.82, 2.24) is 19.6 Å². The van der Waals surface area contributed by atoms with Crippen LogP contribution in [0.4, 0.5) is 0 Å². The lowest BCUT2D eigenvalue weighted by molar-refractivity contribution is -0.0503. The molecule has 0 spiro atoms. The molecular weight excluding hydrogens is 402 g/mol. The first-order chi connectivity index (χ1) is 15.5. The van der Waals surface area contributed by atoms with Gasteiger partial charge in [-0.2, -0.15) is 0 Å². The lowest BCUT2D eigenvalue weighted by Crippen LogP contribution is -2.51. The Balaban J connectivity index is 1.21. The van der Waals surface area contributed by atoms with Crippen LogP contribution in [0.5, 0.6) is 0 Å². The Morgan fingerprint density at radius 2 is 1.84 bits per heavy atom. The number of hydrogen-bond donors (Lipinski definition) is 2.